The van der Waals surface area contributed by atoms with Crippen molar-refractivity contribution in [2.24, 2.45) is 0 Å². The minimum atomic E-state index is -0.626. The molecule has 13 heavy (non-hydrogen) atoms. The van der Waals surface area contributed by atoms with E-state index in [0.717, 1.165) is 4.73 Å². The molecule has 0 aliphatic rings. The fourth-order valence-electron chi connectivity index (χ4n) is 0.901. The maximum Gasteiger partial charge on any atom is 0.387 e. The fourth-order valence-corrected chi connectivity index (χ4v) is 0.901. The molecule has 1 amide bonds. The summed E-state index contributed by atoms with van der Waals surface area (Å²) >= 11 is 0. The lowest BCUT2D eigenvalue weighted by Gasteiger charge is -1.96. The van der Waals surface area contributed by atoms with Gasteiger partial charge in [-0.05, 0) is 6.92 Å². The quantitative estimate of drug-likeness (QED) is 0.585. The first kappa shape index (κ1) is 9.30. The molecule has 0 aliphatic carbocycles. The van der Waals surface area contributed by atoms with Crippen LogP contribution in [0.4, 0.5) is 4.79 Å². The molecule has 0 aliphatic heterocycles. The zero-order valence-corrected chi connectivity index (χ0v) is 7.57. The van der Waals surface area contributed by atoms with Gasteiger partial charge in [0.25, 0.3) is 0 Å². The Bertz CT molecular complexity index is 378. The van der Waals surface area contributed by atoms with Crippen LogP contribution in [0.25, 0.3) is 0 Å². The van der Waals surface area contributed by atoms with Crippen LogP contribution >= 0.6 is 0 Å². The summed E-state index contributed by atoms with van der Waals surface area (Å²) < 4.78 is 1.62. The molecule has 0 saturated heterocycles. The van der Waals surface area contributed by atoms with E-state index in [0.29, 0.717) is 10.5 Å². The predicted octanol–water partition coefficient (Wildman–Crippen LogP) is -1.40. The number of rotatable bonds is 1. The summed E-state index contributed by atoms with van der Waals surface area (Å²) in [6.07, 6.45) is 0. The molecular weight excluding hydrogens is 176 g/mol. The highest BCUT2D eigenvalue weighted by atomic mass is 16.7. The van der Waals surface area contributed by atoms with Crippen LogP contribution in [0.2, 0.25) is 0 Å². The van der Waals surface area contributed by atoms with Gasteiger partial charge in [-0.2, -0.15) is 0 Å². The molecule has 1 heterocycles. The monoisotopic (exact) mass is 186 g/mol. The lowest BCUT2D eigenvalue weighted by Crippen LogP contribution is -2.37. The topological polar surface area (TPSA) is 78.2 Å². The third kappa shape index (κ3) is 1.40. The first-order valence-electron chi connectivity index (χ1n) is 3.57. The van der Waals surface area contributed by atoms with Crippen LogP contribution in [0.1, 0.15) is 5.82 Å². The van der Waals surface area contributed by atoms with E-state index in [2.05, 4.69) is 10.4 Å². The van der Waals surface area contributed by atoms with Gasteiger partial charge in [0.15, 0.2) is 5.82 Å². The number of nitrogens with zero attached hydrogens (tertiary/aromatic N) is 3. The van der Waals surface area contributed by atoms with E-state index in [1.807, 2.05) is 0 Å². The van der Waals surface area contributed by atoms with E-state index < -0.39 is 11.7 Å². The van der Waals surface area contributed by atoms with Gasteiger partial charge < -0.3 is 10.2 Å². The zero-order valence-electron chi connectivity index (χ0n) is 7.57. The van der Waals surface area contributed by atoms with Crippen LogP contribution in [0.5, 0.6) is 0 Å². The van der Waals surface area contributed by atoms with E-state index in [9.17, 15) is 9.59 Å². The molecular formula is C6H10N4O3. The normalized spacial score (nSPS) is 9.77. The van der Waals surface area contributed by atoms with Gasteiger partial charge in [0.2, 0.25) is 0 Å². The third-order valence-corrected chi connectivity index (χ3v) is 1.48. The molecule has 0 spiro atoms. The summed E-state index contributed by atoms with van der Waals surface area (Å²) in [7, 11) is 2.74. The second kappa shape index (κ2) is 3.30. The Labute approximate surface area is 73.9 Å². The molecule has 1 rings (SSSR count). The number of hydrogen-bond acceptors (Lipinski definition) is 4. The second-order valence-corrected chi connectivity index (χ2v) is 2.27. The summed E-state index contributed by atoms with van der Waals surface area (Å²) in [6, 6.07) is -0.594. The average Bonchev–Trinajstić information content (AvgIpc) is 2.40. The maximum absolute atomic E-state index is 11.3. The Morgan fingerprint density at radius 3 is 2.62 bits per heavy atom. The van der Waals surface area contributed by atoms with Crippen LogP contribution in [0.15, 0.2) is 4.79 Å². The van der Waals surface area contributed by atoms with E-state index in [4.69, 9.17) is 4.84 Å². The number of hydrogen-bond donors (Lipinski definition) is 1. The van der Waals surface area contributed by atoms with Crippen molar-refractivity contribution in [2.75, 3.05) is 14.2 Å². The molecule has 0 saturated carbocycles. The Kier molecular flexibility index (Phi) is 2.36. The lowest BCUT2D eigenvalue weighted by molar-refractivity contribution is 0.150. The van der Waals surface area contributed by atoms with E-state index >= 15 is 0 Å². The molecule has 0 fully saturated rings. The molecule has 7 nitrogen and oxygen atoms in total. The molecule has 1 N–H and O–H groups in total. The van der Waals surface area contributed by atoms with E-state index in [1.165, 1.54) is 14.2 Å². The smallest absolute Gasteiger partial charge is 0.387 e. The van der Waals surface area contributed by atoms with Crippen LogP contribution in [0.3, 0.4) is 0 Å². The van der Waals surface area contributed by atoms with Crippen LogP contribution in [-0.4, -0.2) is 34.7 Å². The molecule has 0 atom stereocenters. The van der Waals surface area contributed by atoms with Gasteiger partial charge in [-0.15, -0.1) is 14.5 Å². The van der Waals surface area contributed by atoms with Gasteiger partial charge in [0.1, 0.15) is 7.11 Å². The Balaban J connectivity index is 3.26. The van der Waals surface area contributed by atoms with Crippen molar-refractivity contribution in [3.8, 4) is 0 Å². The minimum Gasteiger partial charge on any atom is -0.411 e. The van der Waals surface area contributed by atoms with Crippen molar-refractivity contribution >= 4 is 6.03 Å². The number of aromatic nitrogens is 3. The number of amides is 1. The van der Waals surface area contributed by atoms with Gasteiger partial charge in [0.05, 0.1) is 0 Å². The Hall–Kier alpha value is -1.79. The van der Waals surface area contributed by atoms with E-state index in [1.54, 1.807) is 6.92 Å². The summed E-state index contributed by atoms with van der Waals surface area (Å²) in [4.78, 5) is 27.0. The van der Waals surface area contributed by atoms with E-state index in [-0.39, 0.29) is 0 Å². The van der Waals surface area contributed by atoms with Crippen molar-refractivity contribution in [2.45, 2.75) is 6.92 Å². The molecule has 0 radical (unpaired) electrons. The van der Waals surface area contributed by atoms with Crippen molar-refractivity contribution in [3.05, 3.63) is 16.3 Å². The Morgan fingerprint density at radius 1 is 1.62 bits per heavy atom. The highest BCUT2D eigenvalue weighted by molar-refractivity contribution is 5.74. The van der Waals surface area contributed by atoms with Crippen molar-refractivity contribution in [1.82, 2.24) is 19.8 Å². The van der Waals surface area contributed by atoms with Gasteiger partial charge in [-0.1, -0.05) is 0 Å². The SMILES string of the molecule is CNC(=O)n1nc(C)n(OC)c1=O. The molecule has 0 bridgehead atoms. The number of carbonyl (C=O) groups is 1. The second-order valence-electron chi connectivity index (χ2n) is 2.27. The van der Waals surface area contributed by atoms with Crippen LogP contribution in [-0.2, 0) is 0 Å². The highest BCUT2D eigenvalue weighted by Gasteiger charge is 2.14. The summed E-state index contributed by atoms with van der Waals surface area (Å²) in [5, 5.41) is 5.96. The predicted molar refractivity (Wildman–Crippen MR) is 43.6 cm³/mol. The molecule has 1 aromatic rings. The van der Waals surface area contributed by atoms with Gasteiger partial charge in [-0.3, -0.25) is 0 Å². The standard InChI is InChI=1S/C6H10N4O3/c1-4-8-9(5(11)7-2)6(12)10(4)13-3/h1-3H3,(H,7,11). The average molecular weight is 186 g/mol. The summed E-state index contributed by atoms with van der Waals surface area (Å²) in [6.45, 7) is 1.56. The number of carbonyl (C=O) groups excluding carboxylic acids is 1. The van der Waals surface area contributed by atoms with Gasteiger partial charge >= 0.3 is 11.7 Å². The van der Waals surface area contributed by atoms with Crippen molar-refractivity contribution < 1.29 is 9.63 Å². The first-order valence-corrected chi connectivity index (χ1v) is 3.57. The molecule has 7 heteroatoms. The third-order valence-electron chi connectivity index (χ3n) is 1.48. The minimum absolute atomic E-state index is 0.316. The van der Waals surface area contributed by atoms with Gasteiger partial charge in [-0.25, -0.2) is 9.59 Å². The molecule has 72 valence electrons. The largest absolute Gasteiger partial charge is 0.411 e. The number of nitrogens with one attached hydrogen (secondary N) is 1. The van der Waals surface area contributed by atoms with Crippen molar-refractivity contribution in [1.29, 1.82) is 0 Å². The molecule has 0 aromatic carbocycles. The van der Waals surface area contributed by atoms with Gasteiger partial charge in [0, 0.05) is 7.05 Å². The van der Waals surface area contributed by atoms with Crippen LogP contribution in [0, 0.1) is 6.92 Å². The first-order chi connectivity index (χ1) is 6.11. The molecule has 0 unspecified atom stereocenters. The lowest BCUT2D eigenvalue weighted by atomic mass is 10.7. The van der Waals surface area contributed by atoms with Crippen LogP contribution < -0.4 is 15.8 Å². The van der Waals surface area contributed by atoms with Crippen molar-refractivity contribution in [3.63, 3.8) is 0 Å². The maximum atomic E-state index is 11.3. The molecule has 1 aromatic heterocycles. The Morgan fingerprint density at radius 2 is 2.23 bits per heavy atom. The summed E-state index contributed by atoms with van der Waals surface area (Å²) in [5.41, 5.74) is -0.626. The fraction of sp³-hybridized carbons (Fsp3) is 0.500. The highest BCUT2D eigenvalue weighted by Crippen LogP contribution is 1.85. The number of aryl methyl sites for hydroxylation is 1. The summed E-state index contributed by atoms with van der Waals surface area (Å²) in [5.74, 6) is 0.316. The zero-order chi connectivity index (χ0) is 10.0.